The molecule has 2 rings (SSSR count). The molecular formula is C20H31FN2O2. The number of halogens is 1. The van der Waals surface area contributed by atoms with E-state index in [2.05, 4.69) is 18.7 Å². The van der Waals surface area contributed by atoms with Gasteiger partial charge in [-0.05, 0) is 43.9 Å². The second-order valence-electron chi connectivity index (χ2n) is 7.46. The molecular weight excluding hydrogens is 319 g/mol. The fraction of sp³-hybridized carbons (Fsp3) is 0.650. The molecule has 0 bridgehead atoms. The van der Waals surface area contributed by atoms with Gasteiger partial charge in [-0.25, -0.2) is 4.39 Å². The van der Waals surface area contributed by atoms with Crippen LogP contribution in [0, 0.1) is 11.7 Å². The van der Waals surface area contributed by atoms with E-state index >= 15 is 0 Å². The standard InChI is InChI=1S/C20H31FN2O2/c1-15(2)19-13-23(20(24)14-25-16(3)4)11-5-10-22(19)12-17-6-8-18(21)9-7-17/h6-9,15-16,19H,5,10-14H2,1-4H3/t19-/m0/s1. The van der Waals surface area contributed by atoms with E-state index in [1.165, 1.54) is 12.1 Å². The lowest BCUT2D eigenvalue weighted by Crippen LogP contribution is -2.46. The Labute approximate surface area is 150 Å². The lowest BCUT2D eigenvalue weighted by atomic mass is 10.0. The van der Waals surface area contributed by atoms with Gasteiger partial charge in [-0.15, -0.1) is 0 Å². The SMILES string of the molecule is CC(C)OCC(=O)N1CCCN(Cc2ccc(F)cc2)[C@H](C(C)C)C1. The Morgan fingerprint density at radius 2 is 1.88 bits per heavy atom. The van der Waals surface area contributed by atoms with Crippen LogP contribution in [-0.4, -0.2) is 54.1 Å². The highest BCUT2D eigenvalue weighted by atomic mass is 19.1. The molecule has 25 heavy (non-hydrogen) atoms. The number of carbonyl (C=O) groups excluding carboxylic acids is 1. The number of carbonyl (C=O) groups is 1. The maximum absolute atomic E-state index is 13.1. The van der Waals surface area contributed by atoms with Gasteiger partial charge in [0.2, 0.25) is 5.91 Å². The Bertz CT molecular complexity index is 545. The van der Waals surface area contributed by atoms with Crippen molar-refractivity contribution in [3.63, 3.8) is 0 Å². The van der Waals surface area contributed by atoms with Crippen molar-refractivity contribution in [3.8, 4) is 0 Å². The first-order valence-corrected chi connectivity index (χ1v) is 9.24. The Hall–Kier alpha value is -1.46. The molecule has 1 fully saturated rings. The van der Waals surface area contributed by atoms with Crippen LogP contribution >= 0.6 is 0 Å². The third kappa shape index (κ3) is 6.08. The van der Waals surface area contributed by atoms with E-state index in [1.807, 2.05) is 30.9 Å². The lowest BCUT2D eigenvalue weighted by molar-refractivity contribution is -0.138. The molecule has 0 spiro atoms. The number of rotatable bonds is 6. The summed E-state index contributed by atoms with van der Waals surface area (Å²) in [7, 11) is 0. The summed E-state index contributed by atoms with van der Waals surface area (Å²) in [6, 6.07) is 7.00. The number of hydrogen-bond donors (Lipinski definition) is 0. The molecule has 4 nitrogen and oxygen atoms in total. The van der Waals surface area contributed by atoms with Crippen molar-refractivity contribution in [3.05, 3.63) is 35.6 Å². The zero-order valence-electron chi connectivity index (χ0n) is 15.9. The minimum Gasteiger partial charge on any atom is -0.369 e. The summed E-state index contributed by atoms with van der Waals surface area (Å²) >= 11 is 0. The molecule has 0 aliphatic carbocycles. The molecule has 1 aliphatic heterocycles. The quantitative estimate of drug-likeness (QED) is 0.789. The summed E-state index contributed by atoms with van der Waals surface area (Å²) in [5, 5.41) is 0. The fourth-order valence-corrected chi connectivity index (χ4v) is 3.27. The molecule has 1 amide bonds. The van der Waals surface area contributed by atoms with Crippen LogP contribution in [0.15, 0.2) is 24.3 Å². The predicted molar refractivity (Wildman–Crippen MR) is 97.7 cm³/mol. The van der Waals surface area contributed by atoms with Gasteiger partial charge in [0, 0.05) is 32.2 Å². The van der Waals surface area contributed by atoms with Gasteiger partial charge < -0.3 is 9.64 Å². The Morgan fingerprint density at radius 1 is 1.20 bits per heavy atom. The van der Waals surface area contributed by atoms with E-state index in [4.69, 9.17) is 4.74 Å². The van der Waals surface area contributed by atoms with E-state index in [0.717, 1.165) is 38.2 Å². The lowest BCUT2D eigenvalue weighted by Gasteiger charge is -2.34. The summed E-state index contributed by atoms with van der Waals surface area (Å²) in [5.74, 6) is 0.296. The fourth-order valence-electron chi connectivity index (χ4n) is 3.27. The Kier molecular flexibility index (Phi) is 7.38. The second-order valence-corrected chi connectivity index (χ2v) is 7.46. The summed E-state index contributed by atoms with van der Waals surface area (Å²) in [4.78, 5) is 16.8. The van der Waals surface area contributed by atoms with Crippen molar-refractivity contribution in [1.29, 1.82) is 0 Å². The van der Waals surface area contributed by atoms with Gasteiger partial charge in [0.1, 0.15) is 12.4 Å². The highest BCUT2D eigenvalue weighted by Gasteiger charge is 2.29. The van der Waals surface area contributed by atoms with Crippen molar-refractivity contribution in [2.24, 2.45) is 5.92 Å². The van der Waals surface area contributed by atoms with Crippen molar-refractivity contribution in [1.82, 2.24) is 9.80 Å². The first-order valence-electron chi connectivity index (χ1n) is 9.24. The normalized spacial score (nSPS) is 19.5. The Morgan fingerprint density at radius 3 is 2.48 bits per heavy atom. The maximum Gasteiger partial charge on any atom is 0.248 e. The topological polar surface area (TPSA) is 32.8 Å². The number of ether oxygens (including phenoxy) is 1. The molecule has 0 radical (unpaired) electrons. The number of benzene rings is 1. The van der Waals surface area contributed by atoms with Crippen molar-refractivity contribution >= 4 is 5.91 Å². The molecule has 1 saturated heterocycles. The van der Waals surface area contributed by atoms with Crippen LogP contribution in [0.5, 0.6) is 0 Å². The van der Waals surface area contributed by atoms with Gasteiger partial charge in [-0.2, -0.15) is 0 Å². The molecule has 140 valence electrons. The number of amides is 1. The summed E-state index contributed by atoms with van der Waals surface area (Å²) in [5.41, 5.74) is 1.11. The Balaban J connectivity index is 2.04. The van der Waals surface area contributed by atoms with Gasteiger partial charge >= 0.3 is 0 Å². The number of nitrogens with zero attached hydrogens (tertiary/aromatic N) is 2. The molecule has 5 heteroatoms. The molecule has 1 atom stereocenters. The van der Waals surface area contributed by atoms with Gasteiger partial charge in [0.15, 0.2) is 0 Å². The van der Waals surface area contributed by atoms with Crippen LogP contribution in [0.25, 0.3) is 0 Å². The molecule has 0 aromatic heterocycles. The summed E-state index contributed by atoms with van der Waals surface area (Å²) < 4.78 is 18.6. The summed E-state index contributed by atoms with van der Waals surface area (Å²) in [6.45, 7) is 11.6. The van der Waals surface area contributed by atoms with Crippen LogP contribution in [0.1, 0.15) is 39.7 Å². The zero-order chi connectivity index (χ0) is 18.4. The van der Waals surface area contributed by atoms with Crippen LogP contribution in [0.4, 0.5) is 4.39 Å². The predicted octanol–water partition coefficient (Wildman–Crippen LogP) is 3.31. The van der Waals surface area contributed by atoms with E-state index < -0.39 is 0 Å². The molecule has 1 aromatic carbocycles. The largest absolute Gasteiger partial charge is 0.369 e. The third-order valence-corrected chi connectivity index (χ3v) is 4.71. The average Bonchev–Trinajstić information content (AvgIpc) is 2.77. The minimum absolute atomic E-state index is 0.0619. The maximum atomic E-state index is 13.1. The molecule has 0 unspecified atom stereocenters. The van der Waals surface area contributed by atoms with Crippen molar-refractivity contribution < 1.29 is 13.9 Å². The molecule has 0 saturated carbocycles. The van der Waals surface area contributed by atoms with E-state index in [0.29, 0.717) is 5.92 Å². The molecule has 1 aliphatic rings. The monoisotopic (exact) mass is 350 g/mol. The van der Waals surface area contributed by atoms with Crippen LogP contribution in [0.2, 0.25) is 0 Å². The van der Waals surface area contributed by atoms with Crippen molar-refractivity contribution in [2.45, 2.75) is 52.8 Å². The van der Waals surface area contributed by atoms with E-state index in [9.17, 15) is 9.18 Å². The first-order chi connectivity index (χ1) is 11.9. The average molecular weight is 350 g/mol. The van der Waals surface area contributed by atoms with Crippen LogP contribution < -0.4 is 0 Å². The smallest absolute Gasteiger partial charge is 0.248 e. The van der Waals surface area contributed by atoms with Crippen LogP contribution in [-0.2, 0) is 16.1 Å². The highest BCUT2D eigenvalue weighted by Crippen LogP contribution is 2.20. The van der Waals surface area contributed by atoms with Crippen molar-refractivity contribution in [2.75, 3.05) is 26.2 Å². The summed E-state index contributed by atoms with van der Waals surface area (Å²) in [6.07, 6.45) is 1.00. The van der Waals surface area contributed by atoms with E-state index in [-0.39, 0.29) is 30.5 Å². The van der Waals surface area contributed by atoms with E-state index in [1.54, 1.807) is 0 Å². The molecule has 1 aromatic rings. The molecule has 0 N–H and O–H groups in total. The zero-order valence-corrected chi connectivity index (χ0v) is 15.9. The minimum atomic E-state index is -0.207. The van der Waals surface area contributed by atoms with Crippen LogP contribution in [0.3, 0.4) is 0 Å². The second kappa shape index (κ2) is 9.30. The third-order valence-electron chi connectivity index (χ3n) is 4.71. The highest BCUT2D eigenvalue weighted by molar-refractivity contribution is 5.77. The van der Waals surface area contributed by atoms with Gasteiger partial charge in [-0.1, -0.05) is 26.0 Å². The van der Waals surface area contributed by atoms with Gasteiger partial charge in [0.25, 0.3) is 0 Å². The van der Waals surface area contributed by atoms with Gasteiger partial charge in [-0.3, -0.25) is 9.69 Å². The first kappa shape index (κ1) is 19.9. The van der Waals surface area contributed by atoms with Gasteiger partial charge in [0.05, 0.1) is 6.10 Å². The molecule has 1 heterocycles. The number of hydrogen-bond acceptors (Lipinski definition) is 3.